The van der Waals surface area contributed by atoms with Gasteiger partial charge in [0, 0.05) is 37.4 Å². The first-order valence-electron chi connectivity index (χ1n) is 22.9. The maximum Gasteiger partial charge on any atom is 0.311 e. The molecule has 15 nitrogen and oxygen atoms in total. The number of cyclic esters (lactones) is 1. The number of likely N-dealkylation sites (N-methyl/N-ethyl adjacent to an activating group) is 1. The van der Waals surface area contributed by atoms with Crippen molar-refractivity contribution in [1.82, 2.24) is 9.80 Å². The lowest BCUT2D eigenvalue weighted by Crippen LogP contribution is -2.60. The maximum absolute atomic E-state index is 14.7. The van der Waals surface area contributed by atoms with Crippen LogP contribution in [0.5, 0.6) is 0 Å². The van der Waals surface area contributed by atoms with Crippen molar-refractivity contribution in [1.29, 1.82) is 0 Å². The summed E-state index contributed by atoms with van der Waals surface area (Å²) in [4.78, 5) is 23.7. The Morgan fingerprint density at radius 3 is 2.27 bits per heavy atom. The van der Waals surface area contributed by atoms with Gasteiger partial charge in [-0.3, -0.25) is 4.79 Å². The van der Waals surface area contributed by atoms with Crippen LogP contribution in [-0.4, -0.2) is 160 Å². The number of carbonyl (C=O) groups is 1. The monoisotopic (exact) mass is 886 g/mol. The quantitative estimate of drug-likeness (QED) is 0.256. The number of fused-ring (bicyclic) bond motifs is 3. The van der Waals surface area contributed by atoms with Gasteiger partial charge in [0.25, 0.3) is 6.02 Å². The Morgan fingerprint density at radius 1 is 0.921 bits per heavy atom. The first kappa shape index (κ1) is 49.5. The number of nitrogens with zero attached hydrogens (tertiary/aromatic N) is 3. The van der Waals surface area contributed by atoms with Crippen molar-refractivity contribution < 1.29 is 58.4 Å². The molecule has 4 fully saturated rings. The van der Waals surface area contributed by atoms with E-state index in [2.05, 4.69) is 0 Å². The number of aliphatic imine (C=N–C) groups is 1. The van der Waals surface area contributed by atoms with Crippen molar-refractivity contribution >= 4 is 28.5 Å². The van der Waals surface area contributed by atoms with Gasteiger partial charge in [0.1, 0.15) is 23.9 Å². The van der Waals surface area contributed by atoms with Gasteiger partial charge in [0.15, 0.2) is 18.7 Å². The summed E-state index contributed by atoms with van der Waals surface area (Å²) in [5.74, 6) is -2.67. The fourth-order valence-corrected chi connectivity index (χ4v) is 10.6. The van der Waals surface area contributed by atoms with E-state index >= 15 is 0 Å². The predicted octanol–water partition coefficient (Wildman–Crippen LogP) is 5.15. The summed E-state index contributed by atoms with van der Waals surface area (Å²) in [5.41, 5.74) is -3.64. The number of benzene rings is 2. The number of rotatable bonds is 8. The molecule has 2 aromatic rings. The van der Waals surface area contributed by atoms with Crippen molar-refractivity contribution in [2.75, 3.05) is 27.7 Å². The minimum Gasteiger partial charge on any atom is -0.459 e. The molecule has 2 bridgehead atoms. The Balaban J connectivity index is 1.45. The molecule has 2 aromatic carbocycles. The van der Waals surface area contributed by atoms with Crippen LogP contribution in [-0.2, 0) is 38.0 Å². The van der Waals surface area contributed by atoms with Gasteiger partial charge in [-0.15, -0.1) is 0 Å². The molecule has 0 aliphatic carbocycles. The van der Waals surface area contributed by atoms with Gasteiger partial charge < -0.3 is 63.4 Å². The molecule has 354 valence electrons. The molecule has 0 unspecified atom stereocenters. The van der Waals surface area contributed by atoms with Crippen LogP contribution in [0, 0.1) is 17.8 Å². The standard InChI is InChI=1S/C48H75N3O12/c1-14-36-48(10,56)42-30(6)51(45(63-42)49-34-21-17-19-32-18-15-16-20-33(32)34)25-26(2)23-46(8,55)41(62-44-38(52)35(50(11)12)22-27(3)58-44)28(4)39(29(5)43(54)60-36)61-37-24-47(9,57-13)40(53)31(7)59-37/h15-21,26-31,35-42,44,52-53,55-56H,14,22-25H2,1-13H3/t26-,27-,28+,29-,30-,31+,35+,36-,37-,38-,39+,40+,41-,42-,44+,46-,47-,48-/m1/s1. The number of hydrogen-bond acceptors (Lipinski definition) is 14. The Labute approximate surface area is 374 Å². The van der Waals surface area contributed by atoms with Crippen molar-refractivity contribution in [3.63, 3.8) is 0 Å². The van der Waals surface area contributed by atoms with Gasteiger partial charge in [0.2, 0.25) is 0 Å². The highest BCUT2D eigenvalue weighted by Crippen LogP contribution is 2.42. The molecule has 0 spiro atoms. The molecule has 4 aliphatic rings. The van der Waals surface area contributed by atoms with E-state index in [-0.39, 0.29) is 37.3 Å². The molecule has 63 heavy (non-hydrogen) atoms. The third kappa shape index (κ3) is 10.2. The largest absolute Gasteiger partial charge is 0.459 e. The second-order valence-corrected chi connectivity index (χ2v) is 19.9. The molecule has 15 heteroatoms. The molecule has 0 saturated carbocycles. The molecule has 4 N–H and O–H groups in total. The van der Waals surface area contributed by atoms with Crippen LogP contribution in [0.3, 0.4) is 0 Å². The topological polar surface area (TPSA) is 181 Å². The molecule has 0 aromatic heterocycles. The fraction of sp³-hybridized carbons (Fsp3) is 0.750. The number of ether oxygens (including phenoxy) is 7. The van der Waals surface area contributed by atoms with E-state index in [0.717, 1.165) is 10.8 Å². The van der Waals surface area contributed by atoms with E-state index in [1.54, 1.807) is 34.6 Å². The Hall–Kier alpha value is -2.96. The lowest BCUT2D eigenvalue weighted by molar-refractivity contribution is -0.318. The number of amidine groups is 1. The average Bonchev–Trinajstić information content (AvgIpc) is 3.53. The number of carbonyl (C=O) groups excluding carboxylic acids is 1. The molecule has 4 saturated heterocycles. The number of aliphatic hydroxyl groups excluding tert-OH is 2. The summed E-state index contributed by atoms with van der Waals surface area (Å²) in [6.07, 6.45) is -7.89. The van der Waals surface area contributed by atoms with Gasteiger partial charge in [-0.05, 0) is 99.2 Å². The highest BCUT2D eigenvalue weighted by Gasteiger charge is 2.55. The Morgan fingerprint density at radius 2 is 1.60 bits per heavy atom. The third-order valence-electron chi connectivity index (χ3n) is 14.3. The molecule has 0 radical (unpaired) electrons. The van der Waals surface area contributed by atoms with Crippen molar-refractivity contribution in [2.45, 2.75) is 185 Å². The number of aliphatic hydroxyl groups is 4. The number of esters is 1. The van der Waals surface area contributed by atoms with Crippen molar-refractivity contribution in [3.8, 4) is 0 Å². The van der Waals surface area contributed by atoms with Crippen molar-refractivity contribution in [3.05, 3.63) is 42.5 Å². The van der Waals surface area contributed by atoms with Crippen LogP contribution in [0.2, 0.25) is 0 Å². The zero-order chi connectivity index (χ0) is 46.3. The van der Waals surface area contributed by atoms with E-state index < -0.39 is 96.0 Å². The zero-order valence-corrected chi connectivity index (χ0v) is 39.6. The van der Waals surface area contributed by atoms with Crippen LogP contribution >= 0.6 is 0 Å². The fourth-order valence-electron chi connectivity index (χ4n) is 10.6. The summed E-state index contributed by atoms with van der Waals surface area (Å²) in [6.45, 7) is 18.5. The van der Waals surface area contributed by atoms with Crippen LogP contribution in [0.15, 0.2) is 47.5 Å². The molecule has 0 amide bonds. The van der Waals surface area contributed by atoms with Gasteiger partial charge in [-0.2, -0.15) is 4.99 Å². The number of methoxy groups -OCH3 is 1. The summed E-state index contributed by atoms with van der Waals surface area (Å²) in [7, 11) is 5.31. The van der Waals surface area contributed by atoms with Gasteiger partial charge in [0.05, 0.1) is 53.3 Å². The molecule has 18 atom stereocenters. The van der Waals surface area contributed by atoms with Gasteiger partial charge in [-0.1, -0.05) is 57.2 Å². The second-order valence-electron chi connectivity index (χ2n) is 19.9. The Kier molecular flexibility index (Phi) is 15.3. The first-order valence-corrected chi connectivity index (χ1v) is 22.9. The summed E-state index contributed by atoms with van der Waals surface area (Å²) < 4.78 is 45.0. The molecular weight excluding hydrogens is 811 g/mol. The van der Waals surface area contributed by atoms with Gasteiger partial charge >= 0.3 is 5.97 Å². The maximum atomic E-state index is 14.7. The summed E-state index contributed by atoms with van der Waals surface area (Å²) in [6, 6.07) is 13.4. The Bertz CT molecular complexity index is 1890. The smallest absolute Gasteiger partial charge is 0.311 e. The first-order chi connectivity index (χ1) is 29.5. The second kappa shape index (κ2) is 19.5. The predicted molar refractivity (Wildman–Crippen MR) is 238 cm³/mol. The van der Waals surface area contributed by atoms with Crippen LogP contribution in [0.4, 0.5) is 5.69 Å². The lowest BCUT2D eigenvalue weighted by Gasteiger charge is -2.48. The molecule has 4 aliphatic heterocycles. The summed E-state index contributed by atoms with van der Waals surface area (Å²) in [5, 5.41) is 50.2. The number of hydrogen-bond donors (Lipinski definition) is 4. The highest BCUT2D eigenvalue weighted by atomic mass is 16.7. The van der Waals surface area contributed by atoms with E-state index in [4.69, 9.17) is 38.2 Å². The normalized spacial score (nSPS) is 44.0. The SMILES string of the molecule is CC[C@H]1OC(=O)[C@H](C)[C@@H](O[C@@H]2C[C@@](C)(OC)[C@@H](O)[C@H](C)O2)[C@H](C)[C@@H](O[C@@H]2O[C@H](C)C[C@H](N(C)C)[C@H]2O)[C@](C)(O)C[C@@H](C)CN2C(=Nc3cccc4ccccc34)O[C@H]([C@H]2C)[C@]1(C)O. The van der Waals surface area contributed by atoms with E-state index in [0.29, 0.717) is 24.7 Å². The molecular formula is C48H75N3O12. The van der Waals surface area contributed by atoms with Crippen molar-refractivity contribution in [2.24, 2.45) is 22.7 Å². The summed E-state index contributed by atoms with van der Waals surface area (Å²) >= 11 is 0. The van der Waals surface area contributed by atoms with Gasteiger partial charge in [-0.25, -0.2) is 0 Å². The lowest BCUT2D eigenvalue weighted by atomic mass is 9.77. The molecule has 4 heterocycles. The minimum absolute atomic E-state index is 0.132. The van der Waals surface area contributed by atoms with E-state index in [1.165, 1.54) is 7.11 Å². The highest BCUT2D eigenvalue weighted by molar-refractivity contribution is 5.95. The van der Waals surface area contributed by atoms with Crippen LogP contribution in [0.1, 0.15) is 94.9 Å². The van der Waals surface area contributed by atoms with E-state index in [9.17, 15) is 25.2 Å². The average molecular weight is 886 g/mol. The van der Waals surface area contributed by atoms with Crippen LogP contribution < -0.4 is 0 Å². The van der Waals surface area contributed by atoms with E-state index in [1.807, 2.05) is 101 Å². The molecule has 6 rings (SSSR count). The minimum atomic E-state index is -1.69. The third-order valence-corrected chi connectivity index (χ3v) is 14.3. The zero-order valence-electron chi connectivity index (χ0n) is 39.6. The van der Waals surface area contributed by atoms with Crippen LogP contribution in [0.25, 0.3) is 10.8 Å².